The van der Waals surface area contributed by atoms with Gasteiger partial charge in [0.05, 0.1) is 19.8 Å². The van der Waals surface area contributed by atoms with Gasteiger partial charge in [0.25, 0.3) is 0 Å². The fourth-order valence-corrected chi connectivity index (χ4v) is 2.59. The summed E-state index contributed by atoms with van der Waals surface area (Å²) in [6, 6.07) is 0.870. The predicted molar refractivity (Wildman–Crippen MR) is 128 cm³/mol. The van der Waals surface area contributed by atoms with Crippen LogP contribution in [0.15, 0.2) is 0 Å². The third kappa shape index (κ3) is 38.9. The van der Waals surface area contributed by atoms with Gasteiger partial charge in [0.2, 0.25) is 0 Å². The molecule has 0 saturated carbocycles. The molecule has 0 aromatic carbocycles. The van der Waals surface area contributed by atoms with Crippen molar-refractivity contribution in [2.45, 2.75) is 105 Å². The smallest absolute Gasteiger partial charge is 0.0613 e. The second-order valence-corrected chi connectivity index (χ2v) is 10.7. The van der Waals surface area contributed by atoms with Crippen LogP contribution in [0.25, 0.3) is 0 Å². The number of hydrogen-bond donors (Lipinski definition) is 3. The molecule has 0 amide bonds. The summed E-state index contributed by atoms with van der Waals surface area (Å²) < 4.78 is 14.8. The minimum Gasteiger partial charge on any atom is -0.383 e. The molecule has 180 valence electrons. The van der Waals surface area contributed by atoms with Crippen molar-refractivity contribution in [3.63, 3.8) is 0 Å². The topological polar surface area (TPSA) is 63.8 Å². The maximum Gasteiger partial charge on any atom is 0.0613 e. The standard InChI is InChI=1S/2C8H19NO.C7H17NO/c2*1-7(6-10-5)9-8(2,3)4;1-7(2,3)8-5-6-9-4/h2*7,9H,6H2,1-5H3;8H,5-6H2,1-4H3/t2*7-;/m10./s1. The molecular weight excluding hydrogens is 366 g/mol. The first-order chi connectivity index (χ1) is 13.0. The van der Waals surface area contributed by atoms with Crippen molar-refractivity contribution in [3.8, 4) is 0 Å². The normalized spacial score (nSPS) is 14.3. The van der Waals surface area contributed by atoms with Crippen LogP contribution in [-0.4, -0.2) is 76.4 Å². The van der Waals surface area contributed by atoms with E-state index in [0.29, 0.717) is 12.1 Å². The van der Waals surface area contributed by atoms with Gasteiger partial charge in [-0.25, -0.2) is 0 Å². The summed E-state index contributed by atoms with van der Waals surface area (Å²) in [5, 5.41) is 10.1. The van der Waals surface area contributed by atoms with E-state index in [-0.39, 0.29) is 16.6 Å². The van der Waals surface area contributed by atoms with Gasteiger partial charge >= 0.3 is 0 Å². The maximum atomic E-state index is 4.99. The highest BCUT2D eigenvalue weighted by molar-refractivity contribution is 4.75. The van der Waals surface area contributed by atoms with Crippen LogP contribution in [0.3, 0.4) is 0 Å². The van der Waals surface area contributed by atoms with E-state index < -0.39 is 0 Å². The van der Waals surface area contributed by atoms with Crippen molar-refractivity contribution < 1.29 is 14.2 Å². The molecule has 0 radical (unpaired) electrons. The Hall–Kier alpha value is -0.240. The molecule has 0 fully saturated rings. The van der Waals surface area contributed by atoms with Crippen molar-refractivity contribution in [3.05, 3.63) is 0 Å². The third-order valence-electron chi connectivity index (χ3n) is 3.15. The highest BCUT2D eigenvalue weighted by Gasteiger charge is 2.13. The molecule has 0 bridgehead atoms. The monoisotopic (exact) mass is 421 g/mol. The van der Waals surface area contributed by atoms with E-state index in [1.807, 2.05) is 0 Å². The van der Waals surface area contributed by atoms with Crippen molar-refractivity contribution in [1.82, 2.24) is 16.0 Å². The van der Waals surface area contributed by atoms with E-state index in [1.165, 1.54) is 0 Å². The summed E-state index contributed by atoms with van der Waals surface area (Å²) in [4.78, 5) is 0. The minimum absolute atomic E-state index is 0.192. The van der Waals surface area contributed by atoms with E-state index in [1.54, 1.807) is 21.3 Å². The molecule has 0 aliphatic carbocycles. The van der Waals surface area contributed by atoms with Crippen molar-refractivity contribution in [1.29, 1.82) is 0 Å². The molecular formula is C23H55N3O3. The van der Waals surface area contributed by atoms with Crippen LogP contribution >= 0.6 is 0 Å². The Morgan fingerprint density at radius 1 is 0.586 bits per heavy atom. The Balaban J connectivity index is -0.000000350. The minimum atomic E-state index is 0.192. The van der Waals surface area contributed by atoms with Crippen LogP contribution in [0, 0.1) is 0 Å². The molecule has 0 spiro atoms. The SMILES string of the molecule is COCCNC(C)(C)C.COC[C@@H](C)NC(C)(C)C.COC[C@H](C)NC(C)(C)C. The van der Waals surface area contributed by atoms with Crippen LogP contribution in [0.4, 0.5) is 0 Å². The lowest BCUT2D eigenvalue weighted by Crippen LogP contribution is -2.44. The molecule has 0 rings (SSSR count). The van der Waals surface area contributed by atoms with Gasteiger partial charge in [-0.1, -0.05) is 0 Å². The lowest BCUT2D eigenvalue weighted by Gasteiger charge is -2.25. The van der Waals surface area contributed by atoms with Crippen LogP contribution < -0.4 is 16.0 Å². The summed E-state index contributed by atoms with van der Waals surface area (Å²) in [7, 11) is 5.16. The molecule has 6 heteroatoms. The lowest BCUT2D eigenvalue weighted by molar-refractivity contribution is 0.159. The molecule has 0 heterocycles. The Morgan fingerprint density at radius 2 is 0.931 bits per heavy atom. The molecule has 0 unspecified atom stereocenters. The molecule has 0 aliphatic heterocycles. The summed E-state index contributed by atoms with van der Waals surface area (Å²) >= 11 is 0. The molecule has 29 heavy (non-hydrogen) atoms. The van der Waals surface area contributed by atoms with Crippen molar-refractivity contribution in [2.24, 2.45) is 0 Å². The van der Waals surface area contributed by atoms with Gasteiger partial charge in [-0.05, 0) is 76.2 Å². The Kier molecular flexibility index (Phi) is 20.1. The van der Waals surface area contributed by atoms with Gasteiger partial charge in [-0.15, -0.1) is 0 Å². The lowest BCUT2D eigenvalue weighted by atomic mass is 10.1. The molecule has 6 nitrogen and oxygen atoms in total. The number of ether oxygens (including phenoxy) is 3. The fourth-order valence-electron chi connectivity index (χ4n) is 2.59. The predicted octanol–water partition coefficient (Wildman–Crippen LogP) is 3.84. The highest BCUT2D eigenvalue weighted by atomic mass is 16.5. The molecule has 2 atom stereocenters. The molecule has 0 aromatic heterocycles. The van der Waals surface area contributed by atoms with E-state index in [9.17, 15) is 0 Å². The van der Waals surface area contributed by atoms with Crippen LogP contribution in [-0.2, 0) is 14.2 Å². The van der Waals surface area contributed by atoms with Gasteiger partial charge in [0.15, 0.2) is 0 Å². The van der Waals surface area contributed by atoms with Crippen molar-refractivity contribution in [2.75, 3.05) is 47.7 Å². The van der Waals surface area contributed by atoms with Crippen LogP contribution in [0.5, 0.6) is 0 Å². The van der Waals surface area contributed by atoms with Gasteiger partial charge in [-0.2, -0.15) is 0 Å². The summed E-state index contributed by atoms with van der Waals surface area (Å²) in [6.45, 7) is 26.8. The highest BCUT2D eigenvalue weighted by Crippen LogP contribution is 2.01. The van der Waals surface area contributed by atoms with E-state index in [4.69, 9.17) is 14.2 Å². The van der Waals surface area contributed by atoms with E-state index >= 15 is 0 Å². The quantitative estimate of drug-likeness (QED) is 0.492. The zero-order valence-corrected chi connectivity index (χ0v) is 22.2. The average molecular weight is 422 g/mol. The summed E-state index contributed by atoms with van der Waals surface area (Å²) in [5.41, 5.74) is 0.606. The van der Waals surface area contributed by atoms with Gasteiger partial charge in [-0.3, -0.25) is 0 Å². The first-order valence-electron chi connectivity index (χ1n) is 10.7. The molecule has 3 N–H and O–H groups in total. The Morgan fingerprint density at radius 3 is 1.14 bits per heavy atom. The molecule has 0 saturated heterocycles. The second kappa shape index (κ2) is 17.4. The zero-order valence-electron chi connectivity index (χ0n) is 22.2. The Bertz CT molecular complexity index is 321. The van der Waals surface area contributed by atoms with Gasteiger partial charge < -0.3 is 30.2 Å². The molecule has 0 aliphatic rings. The Labute approximate surface area is 183 Å². The number of methoxy groups -OCH3 is 3. The van der Waals surface area contributed by atoms with Crippen LogP contribution in [0.2, 0.25) is 0 Å². The number of rotatable bonds is 9. The molecule has 0 aromatic rings. The summed E-state index contributed by atoms with van der Waals surface area (Å²) in [6.07, 6.45) is 0. The van der Waals surface area contributed by atoms with Gasteiger partial charge in [0, 0.05) is 56.6 Å². The fraction of sp³-hybridized carbons (Fsp3) is 1.00. The van der Waals surface area contributed by atoms with E-state index in [0.717, 1.165) is 26.4 Å². The number of hydrogen-bond acceptors (Lipinski definition) is 6. The first-order valence-corrected chi connectivity index (χ1v) is 10.7. The second-order valence-electron chi connectivity index (χ2n) is 10.7. The van der Waals surface area contributed by atoms with E-state index in [2.05, 4.69) is 92.1 Å². The third-order valence-corrected chi connectivity index (χ3v) is 3.15. The number of nitrogens with one attached hydrogen (secondary N) is 3. The summed E-state index contributed by atoms with van der Waals surface area (Å²) in [5.74, 6) is 0. The first kappa shape index (κ1) is 33.4. The zero-order chi connectivity index (χ0) is 23.7. The van der Waals surface area contributed by atoms with Gasteiger partial charge in [0.1, 0.15) is 0 Å². The van der Waals surface area contributed by atoms with Crippen molar-refractivity contribution >= 4 is 0 Å². The largest absolute Gasteiger partial charge is 0.383 e. The van der Waals surface area contributed by atoms with Crippen LogP contribution in [0.1, 0.15) is 76.2 Å². The average Bonchev–Trinajstić information content (AvgIpc) is 2.44. The maximum absolute atomic E-state index is 4.99.